The fraction of sp³-hybridized carbons (Fsp3) is 0.500. The van der Waals surface area contributed by atoms with E-state index in [4.69, 9.17) is 0 Å². The second-order valence-corrected chi connectivity index (χ2v) is 5.36. The molecule has 0 bridgehead atoms. The Kier molecular flexibility index (Phi) is 3.79. The van der Waals surface area contributed by atoms with Crippen LogP contribution in [0.2, 0.25) is 0 Å². The molecule has 0 fully saturated rings. The fourth-order valence-corrected chi connectivity index (χ4v) is 2.48. The quantitative estimate of drug-likeness (QED) is 0.853. The highest BCUT2D eigenvalue weighted by Crippen LogP contribution is 2.31. The van der Waals surface area contributed by atoms with Gasteiger partial charge in [-0.15, -0.1) is 0 Å². The Hall–Kier alpha value is -0.940. The lowest BCUT2D eigenvalue weighted by atomic mass is 10.1. The number of ketones is 1. The summed E-state index contributed by atoms with van der Waals surface area (Å²) in [5, 5.41) is 4.35. The van der Waals surface area contributed by atoms with Crippen LogP contribution in [-0.2, 0) is 11.3 Å². The van der Waals surface area contributed by atoms with Crippen LogP contribution in [0.5, 0.6) is 0 Å². The number of carbonyl (C=O) groups excluding carboxylic acids is 1. The van der Waals surface area contributed by atoms with E-state index < -0.39 is 0 Å². The number of halogens is 1. The molecule has 1 aromatic rings. The van der Waals surface area contributed by atoms with E-state index >= 15 is 0 Å². The Bertz CT molecular complexity index is 462. The minimum atomic E-state index is 0.215. The van der Waals surface area contributed by atoms with Crippen molar-refractivity contribution in [1.82, 2.24) is 14.7 Å². The molecule has 5 heteroatoms. The summed E-state index contributed by atoms with van der Waals surface area (Å²) >= 11 is 3.51. The summed E-state index contributed by atoms with van der Waals surface area (Å²) in [7, 11) is 4.08. The maximum absolute atomic E-state index is 11.3. The fourth-order valence-electron chi connectivity index (χ4n) is 1.93. The van der Waals surface area contributed by atoms with Crippen LogP contribution in [-0.4, -0.2) is 41.1 Å². The van der Waals surface area contributed by atoms with E-state index in [0.717, 1.165) is 35.3 Å². The molecule has 4 nitrogen and oxygen atoms in total. The van der Waals surface area contributed by atoms with E-state index in [2.05, 4.69) is 25.9 Å². The Morgan fingerprint density at radius 1 is 1.47 bits per heavy atom. The van der Waals surface area contributed by atoms with Gasteiger partial charge in [0.1, 0.15) is 0 Å². The normalized spacial score (nSPS) is 15.8. The number of nitrogens with zero attached hydrogens (tertiary/aromatic N) is 3. The highest BCUT2D eigenvalue weighted by molar-refractivity contribution is 9.10. The van der Waals surface area contributed by atoms with Gasteiger partial charge in [-0.05, 0) is 48.1 Å². The summed E-state index contributed by atoms with van der Waals surface area (Å²) < 4.78 is 2.94. The van der Waals surface area contributed by atoms with Crippen molar-refractivity contribution >= 4 is 27.3 Å². The molecule has 1 aliphatic rings. The van der Waals surface area contributed by atoms with Crippen molar-refractivity contribution in [2.45, 2.75) is 19.4 Å². The van der Waals surface area contributed by atoms with Gasteiger partial charge < -0.3 is 4.90 Å². The van der Waals surface area contributed by atoms with Crippen molar-refractivity contribution in [3.8, 4) is 0 Å². The number of carbonyl (C=O) groups is 1. The van der Waals surface area contributed by atoms with E-state index in [-0.39, 0.29) is 5.78 Å². The van der Waals surface area contributed by atoms with E-state index in [1.54, 1.807) is 12.3 Å². The number of allylic oxidation sites excluding steroid dienone is 2. The first-order valence-electron chi connectivity index (χ1n) is 5.67. The lowest BCUT2D eigenvalue weighted by Crippen LogP contribution is -2.20. The smallest absolute Gasteiger partial charge is 0.156 e. The number of likely N-dealkylation sites (N-methyl/N-ethyl adjacent to an activating group) is 1. The maximum atomic E-state index is 11.3. The van der Waals surface area contributed by atoms with E-state index in [1.807, 2.05) is 18.8 Å². The van der Waals surface area contributed by atoms with Gasteiger partial charge in [0.2, 0.25) is 0 Å². The van der Waals surface area contributed by atoms with E-state index in [9.17, 15) is 4.79 Å². The molecule has 1 aromatic heterocycles. The van der Waals surface area contributed by atoms with Gasteiger partial charge >= 0.3 is 0 Å². The SMILES string of the molecule is CN(C)CCn1ncc(Br)c1C1=CC(=O)CC1. The Morgan fingerprint density at radius 3 is 2.82 bits per heavy atom. The van der Waals surface area contributed by atoms with E-state index in [1.165, 1.54) is 0 Å². The lowest BCUT2D eigenvalue weighted by molar-refractivity contribution is -0.114. The molecule has 0 aromatic carbocycles. The summed E-state index contributed by atoms with van der Waals surface area (Å²) in [6.45, 7) is 1.77. The van der Waals surface area contributed by atoms with Crippen molar-refractivity contribution in [2.75, 3.05) is 20.6 Å². The van der Waals surface area contributed by atoms with Gasteiger partial charge in [-0.2, -0.15) is 5.10 Å². The van der Waals surface area contributed by atoms with Crippen LogP contribution in [0.3, 0.4) is 0 Å². The Labute approximate surface area is 109 Å². The molecular weight excluding hydrogens is 282 g/mol. The van der Waals surface area contributed by atoms with E-state index in [0.29, 0.717) is 6.42 Å². The van der Waals surface area contributed by atoms with Crippen LogP contribution >= 0.6 is 15.9 Å². The number of hydrogen-bond donors (Lipinski definition) is 0. The summed E-state index contributed by atoms with van der Waals surface area (Å²) in [6.07, 6.45) is 4.99. The van der Waals surface area contributed by atoms with Gasteiger partial charge in [0.05, 0.1) is 22.9 Å². The zero-order chi connectivity index (χ0) is 12.4. The number of hydrogen-bond acceptors (Lipinski definition) is 3. The summed E-state index contributed by atoms with van der Waals surface area (Å²) in [5.41, 5.74) is 2.15. The molecule has 17 heavy (non-hydrogen) atoms. The molecule has 0 unspecified atom stereocenters. The molecule has 0 amide bonds. The van der Waals surface area contributed by atoms with Crippen molar-refractivity contribution < 1.29 is 4.79 Å². The molecule has 0 saturated carbocycles. The van der Waals surface area contributed by atoms with Crippen LogP contribution < -0.4 is 0 Å². The second-order valence-electron chi connectivity index (χ2n) is 4.50. The van der Waals surface area contributed by atoms with Crippen LogP contribution in [0.1, 0.15) is 18.5 Å². The highest BCUT2D eigenvalue weighted by Gasteiger charge is 2.19. The lowest BCUT2D eigenvalue weighted by Gasteiger charge is -2.12. The predicted octanol–water partition coefficient (Wildman–Crippen LogP) is 1.95. The first-order valence-corrected chi connectivity index (χ1v) is 6.47. The third-order valence-electron chi connectivity index (χ3n) is 2.83. The van der Waals surface area contributed by atoms with Crippen LogP contribution in [0, 0.1) is 0 Å². The first-order chi connectivity index (χ1) is 8.08. The van der Waals surface area contributed by atoms with Crippen LogP contribution in [0.4, 0.5) is 0 Å². The van der Waals surface area contributed by atoms with Crippen LogP contribution in [0.25, 0.3) is 5.57 Å². The molecular formula is C12H16BrN3O. The molecule has 0 radical (unpaired) electrons. The zero-order valence-corrected chi connectivity index (χ0v) is 11.7. The maximum Gasteiger partial charge on any atom is 0.156 e. The minimum Gasteiger partial charge on any atom is -0.308 e. The topological polar surface area (TPSA) is 38.1 Å². The van der Waals surface area contributed by atoms with Crippen molar-refractivity contribution in [2.24, 2.45) is 0 Å². The van der Waals surface area contributed by atoms with Gasteiger partial charge in [-0.3, -0.25) is 9.48 Å². The molecule has 0 aliphatic heterocycles. The average Bonchev–Trinajstić information content (AvgIpc) is 2.82. The molecule has 0 atom stereocenters. The molecule has 0 N–H and O–H groups in total. The zero-order valence-electron chi connectivity index (χ0n) is 10.1. The number of rotatable bonds is 4. The monoisotopic (exact) mass is 297 g/mol. The third-order valence-corrected chi connectivity index (χ3v) is 3.41. The second kappa shape index (κ2) is 5.14. The average molecular weight is 298 g/mol. The predicted molar refractivity (Wildman–Crippen MR) is 70.7 cm³/mol. The molecule has 0 saturated heterocycles. The van der Waals surface area contributed by atoms with Gasteiger partial charge in [-0.1, -0.05) is 0 Å². The molecule has 1 aliphatic carbocycles. The molecule has 1 heterocycles. The first kappa shape index (κ1) is 12.5. The third kappa shape index (κ3) is 2.84. The van der Waals surface area contributed by atoms with Gasteiger partial charge in [0.15, 0.2) is 5.78 Å². The summed E-state index contributed by atoms with van der Waals surface area (Å²) in [4.78, 5) is 13.4. The molecule has 2 rings (SSSR count). The Morgan fingerprint density at radius 2 is 2.24 bits per heavy atom. The Balaban J connectivity index is 2.23. The minimum absolute atomic E-state index is 0.215. The number of aromatic nitrogens is 2. The van der Waals surface area contributed by atoms with Crippen molar-refractivity contribution in [3.63, 3.8) is 0 Å². The van der Waals surface area contributed by atoms with Gasteiger partial charge in [0, 0.05) is 13.0 Å². The largest absolute Gasteiger partial charge is 0.308 e. The van der Waals surface area contributed by atoms with Crippen molar-refractivity contribution in [1.29, 1.82) is 0 Å². The van der Waals surface area contributed by atoms with Crippen molar-refractivity contribution in [3.05, 3.63) is 22.4 Å². The highest BCUT2D eigenvalue weighted by atomic mass is 79.9. The van der Waals surface area contributed by atoms with Gasteiger partial charge in [-0.25, -0.2) is 0 Å². The van der Waals surface area contributed by atoms with Crippen LogP contribution in [0.15, 0.2) is 16.7 Å². The summed E-state index contributed by atoms with van der Waals surface area (Å²) in [6, 6.07) is 0. The molecule has 0 spiro atoms. The standard InChI is InChI=1S/C12H16BrN3O/c1-15(2)5-6-16-12(11(13)8-14-16)9-3-4-10(17)7-9/h7-8H,3-6H2,1-2H3. The van der Waals surface area contributed by atoms with Gasteiger partial charge in [0.25, 0.3) is 0 Å². The summed E-state index contributed by atoms with van der Waals surface area (Å²) in [5.74, 6) is 0.215. The molecule has 92 valence electrons.